The van der Waals surface area contributed by atoms with Crippen LogP contribution < -0.4 is 10.1 Å². The Balaban J connectivity index is 1.23. The van der Waals surface area contributed by atoms with Gasteiger partial charge >= 0.3 is 0 Å². The van der Waals surface area contributed by atoms with Crippen LogP contribution in [-0.4, -0.2) is 13.0 Å². The van der Waals surface area contributed by atoms with Crippen LogP contribution >= 0.6 is 0 Å². The number of fused-ring (bicyclic) bond motifs is 6. The van der Waals surface area contributed by atoms with Gasteiger partial charge in [0.1, 0.15) is 11.4 Å². The molecular weight excluding hydrogens is 436 g/mol. The lowest BCUT2D eigenvalue weighted by atomic mass is 9.86. The quantitative estimate of drug-likeness (QED) is 0.382. The van der Waals surface area contributed by atoms with Gasteiger partial charge < -0.3 is 14.5 Å². The Morgan fingerprint density at radius 1 is 1.12 bits per heavy atom. The van der Waals surface area contributed by atoms with Crippen LogP contribution in [0, 0.1) is 11.6 Å². The normalized spacial score (nSPS) is 18.1. The predicted octanol–water partition coefficient (Wildman–Crippen LogP) is 6.32. The summed E-state index contributed by atoms with van der Waals surface area (Å²) >= 11 is 0. The number of furan rings is 1. The van der Waals surface area contributed by atoms with E-state index in [1.54, 1.807) is 6.07 Å². The second-order valence-corrected chi connectivity index (χ2v) is 8.73. The van der Waals surface area contributed by atoms with Gasteiger partial charge in [-0.25, -0.2) is 8.78 Å². The first-order valence-corrected chi connectivity index (χ1v) is 11.2. The molecule has 6 heteroatoms. The van der Waals surface area contributed by atoms with E-state index in [2.05, 4.69) is 17.5 Å². The van der Waals surface area contributed by atoms with E-state index < -0.39 is 11.6 Å². The zero-order valence-electron chi connectivity index (χ0n) is 18.4. The van der Waals surface area contributed by atoms with Crippen LogP contribution in [-0.2, 0) is 6.54 Å². The van der Waals surface area contributed by atoms with Gasteiger partial charge in [-0.05, 0) is 53.5 Å². The SMILES string of the molecule is COc1ccc(F)c(CNC(=O)c2ccc3c(c2)C2C=C(c4coc5ccccc45)C3C2)c1F. The largest absolute Gasteiger partial charge is 0.494 e. The van der Waals surface area contributed by atoms with Crippen molar-refractivity contribution in [2.75, 3.05) is 7.11 Å². The maximum Gasteiger partial charge on any atom is 0.251 e. The van der Waals surface area contributed by atoms with Crippen LogP contribution in [0.3, 0.4) is 0 Å². The van der Waals surface area contributed by atoms with Gasteiger partial charge in [0.2, 0.25) is 0 Å². The second-order valence-electron chi connectivity index (χ2n) is 8.73. The van der Waals surface area contributed by atoms with Gasteiger partial charge in [-0.2, -0.15) is 0 Å². The van der Waals surface area contributed by atoms with E-state index in [0.29, 0.717) is 5.56 Å². The van der Waals surface area contributed by atoms with E-state index >= 15 is 0 Å². The summed E-state index contributed by atoms with van der Waals surface area (Å²) in [6.45, 7) is -0.269. The maximum absolute atomic E-state index is 14.4. The topological polar surface area (TPSA) is 51.5 Å². The van der Waals surface area contributed by atoms with Crippen molar-refractivity contribution in [3.8, 4) is 5.75 Å². The minimum Gasteiger partial charge on any atom is -0.494 e. The molecule has 0 spiro atoms. The van der Waals surface area contributed by atoms with Gasteiger partial charge in [-0.1, -0.05) is 30.3 Å². The van der Waals surface area contributed by atoms with Gasteiger partial charge in [-0.3, -0.25) is 4.79 Å². The van der Waals surface area contributed by atoms with E-state index in [9.17, 15) is 13.6 Å². The Bertz CT molecular complexity index is 1490. The minimum atomic E-state index is -0.807. The summed E-state index contributed by atoms with van der Waals surface area (Å²) in [6.07, 6.45) is 5.07. The average Bonchev–Trinajstić information content (AvgIpc) is 3.57. The zero-order valence-corrected chi connectivity index (χ0v) is 18.4. The third-order valence-electron chi connectivity index (χ3n) is 6.96. The lowest BCUT2D eigenvalue weighted by Gasteiger charge is -2.18. The highest BCUT2D eigenvalue weighted by Gasteiger charge is 2.39. The molecule has 1 amide bonds. The number of methoxy groups -OCH3 is 1. The summed E-state index contributed by atoms with van der Waals surface area (Å²) in [5, 5.41) is 3.74. The van der Waals surface area contributed by atoms with Crippen LogP contribution in [0.25, 0.3) is 16.5 Å². The molecule has 0 saturated carbocycles. The predicted molar refractivity (Wildman–Crippen MR) is 125 cm³/mol. The molecule has 3 aromatic carbocycles. The zero-order chi connectivity index (χ0) is 23.4. The number of carbonyl (C=O) groups is 1. The first-order valence-electron chi connectivity index (χ1n) is 11.2. The van der Waals surface area contributed by atoms with Crippen molar-refractivity contribution in [1.29, 1.82) is 0 Å². The molecule has 6 rings (SSSR count). The number of benzene rings is 3. The van der Waals surface area contributed by atoms with Crippen molar-refractivity contribution in [3.05, 3.63) is 106 Å². The molecule has 0 fully saturated rings. The van der Waals surface area contributed by atoms with Crippen molar-refractivity contribution < 1.29 is 22.7 Å². The molecule has 2 bridgehead atoms. The molecule has 2 aliphatic carbocycles. The first kappa shape index (κ1) is 20.7. The molecule has 2 atom stereocenters. The summed E-state index contributed by atoms with van der Waals surface area (Å²) in [6, 6.07) is 16.0. The molecule has 1 heterocycles. The lowest BCUT2D eigenvalue weighted by Crippen LogP contribution is -2.24. The van der Waals surface area contributed by atoms with E-state index in [0.717, 1.165) is 34.6 Å². The Kier molecular flexibility index (Phi) is 4.76. The molecule has 0 saturated heterocycles. The summed E-state index contributed by atoms with van der Waals surface area (Å²) in [7, 11) is 1.31. The highest BCUT2D eigenvalue weighted by Crippen LogP contribution is 2.56. The van der Waals surface area contributed by atoms with Crippen molar-refractivity contribution in [1.82, 2.24) is 5.32 Å². The number of halogens is 2. The Morgan fingerprint density at radius 2 is 1.97 bits per heavy atom. The monoisotopic (exact) mass is 457 g/mol. The number of rotatable bonds is 5. The number of amides is 1. The van der Waals surface area contributed by atoms with Crippen LogP contribution in [0.15, 0.2) is 71.4 Å². The second kappa shape index (κ2) is 7.83. The fourth-order valence-corrected chi connectivity index (χ4v) is 5.29. The Labute approximate surface area is 194 Å². The van der Waals surface area contributed by atoms with Crippen molar-refractivity contribution in [3.63, 3.8) is 0 Å². The molecule has 170 valence electrons. The van der Waals surface area contributed by atoms with Crippen molar-refractivity contribution >= 4 is 22.4 Å². The van der Waals surface area contributed by atoms with Gasteiger partial charge in [-0.15, -0.1) is 0 Å². The van der Waals surface area contributed by atoms with Gasteiger partial charge in [0.25, 0.3) is 5.91 Å². The van der Waals surface area contributed by atoms with Crippen LogP contribution in [0.2, 0.25) is 0 Å². The van der Waals surface area contributed by atoms with Crippen molar-refractivity contribution in [2.45, 2.75) is 24.8 Å². The van der Waals surface area contributed by atoms with Gasteiger partial charge in [0.05, 0.1) is 13.4 Å². The summed E-state index contributed by atoms with van der Waals surface area (Å²) < 4.78 is 39.1. The number of allylic oxidation sites excluding steroid dienone is 2. The van der Waals surface area contributed by atoms with Crippen LogP contribution in [0.1, 0.15) is 50.9 Å². The van der Waals surface area contributed by atoms with Crippen LogP contribution in [0.4, 0.5) is 8.78 Å². The molecule has 1 aromatic heterocycles. The minimum absolute atomic E-state index is 0.0628. The number of carbonyl (C=O) groups excluding carboxylic acids is 1. The molecule has 1 N–H and O–H groups in total. The highest BCUT2D eigenvalue weighted by atomic mass is 19.1. The first-order chi connectivity index (χ1) is 16.5. The fraction of sp³-hybridized carbons (Fsp3) is 0.179. The molecule has 0 radical (unpaired) electrons. The smallest absolute Gasteiger partial charge is 0.251 e. The lowest BCUT2D eigenvalue weighted by molar-refractivity contribution is 0.0950. The fourth-order valence-electron chi connectivity index (χ4n) is 5.29. The molecule has 4 nitrogen and oxygen atoms in total. The molecular formula is C28H21F2NO3. The third-order valence-corrected chi connectivity index (χ3v) is 6.96. The number of nitrogens with one attached hydrogen (secondary N) is 1. The third kappa shape index (κ3) is 3.13. The molecule has 0 aliphatic heterocycles. The number of hydrogen-bond donors (Lipinski definition) is 1. The molecule has 2 unspecified atom stereocenters. The summed E-state index contributed by atoms with van der Waals surface area (Å²) in [5.74, 6) is -1.49. The Hall–Kier alpha value is -3.93. The standard InChI is InChI=1S/C28H21F2NO3/c1-33-26-9-8-24(29)22(27(26)30)13-31-28(32)15-6-7-17-19(10-15)16-11-20(17)21(12-16)23-14-34-25-5-3-2-4-18(23)25/h2-10,12,14,16,20H,11,13H2,1H3,(H,31,32). The molecule has 4 aromatic rings. The average molecular weight is 457 g/mol. The van der Waals surface area contributed by atoms with E-state index in [1.807, 2.05) is 36.6 Å². The number of ether oxygens (including phenoxy) is 1. The number of hydrogen-bond acceptors (Lipinski definition) is 3. The number of para-hydroxylation sites is 1. The maximum atomic E-state index is 14.4. The van der Waals surface area contributed by atoms with Crippen molar-refractivity contribution in [2.24, 2.45) is 0 Å². The van der Waals surface area contributed by atoms with E-state index in [4.69, 9.17) is 9.15 Å². The summed E-state index contributed by atoms with van der Waals surface area (Å²) in [5.41, 5.74) is 5.85. The molecule has 2 aliphatic rings. The van der Waals surface area contributed by atoms with E-state index in [1.165, 1.54) is 24.3 Å². The summed E-state index contributed by atoms with van der Waals surface area (Å²) in [4.78, 5) is 12.8. The highest BCUT2D eigenvalue weighted by molar-refractivity contribution is 5.96. The van der Waals surface area contributed by atoms with Crippen LogP contribution in [0.5, 0.6) is 5.75 Å². The van der Waals surface area contributed by atoms with Gasteiger partial charge in [0.15, 0.2) is 11.6 Å². The Morgan fingerprint density at radius 3 is 2.82 bits per heavy atom. The molecule has 34 heavy (non-hydrogen) atoms. The van der Waals surface area contributed by atoms with Gasteiger partial charge in [0, 0.05) is 40.5 Å². The van der Waals surface area contributed by atoms with E-state index in [-0.39, 0.29) is 35.6 Å².